The number of carbonyl (C=O) groups is 1. The highest BCUT2D eigenvalue weighted by Gasteiger charge is 2.09. The molecule has 0 radical (unpaired) electrons. The van der Waals surface area contributed by atoms with E-state index in [0.717, 1.165) is 19.4 Å². The minimum atomic E-state index is -0.181. The van der Waals surface area contributed by atoms with Gasteiger partial charge in [-0.15, -0.1) is 0 Å². The summed E-state index contributed by atoms with van der Waals surface area (Å²) >= 11 is 0. The van der Waals surface area contributed by atoms with E-state index in [1.54, 1.807) is 0 Å². The Morgan fingerprint density at radius 1 is 0.535 bits per heavy atom. The average Bonchev–Trinajstić information content (AvgIpc) is 3.03. The van der Waals surface area contributed by atoms with Crippen LogP contribution in [0.5, 0.6) is 0 Å². The van der Waals surface area contributed by atoms with Crippen LogP contribution in [-0.2, 0) is 11.3 Å². The topological polar surface area (TPSA) is 30.2 Å². The van der Waals surface area contributed by atoms with E-state index in [1.165, 1.54) is 167 Å². The maximum absolute atomic E-state index is 12.4. The molecule has 0 bridgehead atoms. The van der Waals surface area contributed by atoms with E-state index in [-0.39, 0.29) is 5.97 Å². The van der Waals surface area contributed by atoms with Gasteiger partial charge in [-0.25, -0.2) is 9.36 Å². The van der Waals surface area contributed by atoms with Gasteiger partial charge in [0.2, 0.25) is 0 Å². The molecule has 1 rings (SSSR count). The maximum atomic E-state index is 12.4. The molecule has 3 nitrogen and oxygen atoms in total. The zero-order chi connectivity index (χ0) is 30.9. The van der Waals surface area contributed by atoms with Crippen LogP contribution in [0, 0.1) is 0 Å². The third-order valence-electron chi connectivity index (χ3n) is 8.79. The van der Waals surface area contributed by atoms with Gasteiger partial charge in [-0.1, -0.05) is 161 Å². The Balaban J connectivity index is 1.90. The molecule has 1 aromatic heterocycles. The van der Waals surface area contributed by atoms with Crippen LogP contribution in [0.3, 0.4) is 0 Å². The molecule has 0 atom stereocenters. The average molecular weight is 599 g/mol. The molecule has 1 heterocycles. The number of carbonyl (C=O) groups excluding carboxylic acids is 1. The van der Waals surface area contributed by atoms with Crippen molar-refractivity contribution in [3.05, 3.63) is 42.2 Å². The Bertz CT molecular complexity index is 741. The number of hydrogen-bond donors (Lipinski definition) is 0. The highest BCUT2D eigenvalue weighted by molar-refractivity contribution is 5.88. The number of esters is 1. The van der Waals surface area contributed by atoms with Gasteiger partial charge in [-0.3, -0.25) is 0 Å². The minimum absolute atomic E-state index is 0.181. The summed E-state index contributed by atoms with van der Waals surface area (Å²) < 4.78 is 7.71. The van der Waals surface area contributed by atoms with Crippen LogP contribution in [0.25, 0.3) is 0 Å². The van der Waals surface area contributed by atoms with Crippen molar-refractivity contribution in [2.75, 3.05) is 6.61 Å². The fraction of sp³-hybridized carbons (Fsp3) is 0.800. The van der Waals surface area contributed by atoms with E-state index < -0.39 is 0 Å². The standard InChI is InChI=1S/C40H72NO2/c1-3-5-7-9-11-13-15-17-19-20-21-23-25-27-29-31-35-41-36-33-39(34-37-41)40(42)43-38-32-30-28-26-24-22-18-16-14-12-10-8-6-4-2/h17,19,33-34,36-37H,3-16,18,20-32,35,38H2,1-2H3/q+1. The SMILES string of the molecule is CCCCCCCCC=CCCCCCCCC[n+]1ccc(C(=O)OCCCCCCCCCCCCCCCC)cc1. The first-order valence-corrected chi connectivity index (χ1v) is 19.1. The first-order chi connectivity index (χ1) is 21.3. The normalized spacial score (nSPS) is 11.5. The monoisotopic (exact) mass is 599 g/mol. The van der Waals surface area contributed by atoms with Crippen molar-refractivity contribution in [1.82, 2.24) is 0 Å². The van der Waals surface area contributed by atoms with E-state index in [2.05, 4.69) is 30.6 Å². The Morgan fingerprint density at radius 2 is 0.907 bits per heavy atom. The molecule has 0 aliphatic carbocycles. The van der Waals surface area contributed by atoms with Crippen molar-refractivity contribution in [1.29, 1.82) is 0 Å². The Labute approximate surface area is 268 Å². The van der Waals surface area contributed by atoms with E-state index in [1.807, 2.05) is 24.5 Å². The number of aromatic nitrogens is 1. The van der Waals surface area contributed by atoms with Crippen molar-refractivity contribution in [3.63, 3.8) is 0 Å². The lowest BCUT2D eigenvalue weighted by molar-refractivity contribution is -0.697. The number of nitrogens with zero attached hydrogens (tertiary/aromatic N) is 1. The van der Waals surface area contributed by atoms with Crippen LogP contribution in [0.1, 0.15) is 204 Å². The molecule has 1 aromatic rings. The van der Waals surface area contributed by atoms with Gasteiger partial charge in [0.25, 0.3) is 0 Å². The van der Waals surface area contributed by atoms with Gasteiger partial charge in [-0.2, -0.15) is 0 Å². The predicted octanol–water partition coefficient (Wildman–Crippen LogP) is 12.6. The first kappa shape index (κ1) is 39.4. The van der Waals surface area contributed by atoms with Gasteiger partial charge < -0.3 is 4.74 Å². The van der Waals surface area contributed by atoms with Crippen LogP contribution in [-0.4, -0.2) is 12.6 Å². The zero-order valence-corrected chi connectivity index (χ0v) is 28.9. The van der Waals surface area contributed by atoms with Crippen LogP contribution in [0.4, 0.5) is 0 Å². The fourth-order valence-electron chi connectivity index (χ4n) is 5.83. The molecule has 0 aliphatic heterocycles. The first-order valence-electron chi connectivity index (χ1n) is 19.1. The minimum Gasteiger partial charge on any atom is -0.462 e. The second-order valence-electron chi connectivity index (χ2n) is 13.0. The quantitative estimate of drug-likeness (QED) is 0.0357. The van der Waals surface area contributed by atoms with Gasteiger partial charge in [-0.05, 0) is 38.5 Å². The summed E-state index contributed by atoms with van der Waals surface area (Å²) in [7, 11) is 0. The third-order valence-corrected chi connectivity index (χ3v) is 8.79. The fourth-order valence-corrected chi connectivity index (χ4v) is 5.83. The smallest absolute Gasteiger partial charge is 0.338 e. The van der Waals surface area contributed by atoms with Crippen molar-refractivity contribution in [2.24, 2.45) is 0 Å². The van der Waals surface area contributed by atoms with Gasteiger partial charge in [0.15, 0.2) is 12.4 Å². The molecule has 0 unspecified atom stereocenters. The molecule has 3 heteroatoms. The number of unbranched alkanes of at least 4 members (excludes halogenated alkanes) is 25. The van der Waals surface area contributed by atoms with E-state index in [4.69, 9.17) is 4.74 Å². The summed E-state index contributed by atoms with van der Waals surface area (Å²) in [5.74, 6) is -0.181. The molecule has 0 saturated heterocycles. The summed E-state index contributed by atoms with van der Waals surface area (Å²) in [5.41, 5.74) is 0.669. The van der Waals surface area contributed by atoms with Crippen molar-refractivity contribution < 1.29 is 14.1 Å². The van der Waals surface area contributed by atoms with E-state index in [0.29, 0.717) is 12.2 Å². The van der Waals surface area contributed by atoms with Crippen molar-refractivity contribution in [2.45, 2.75) is 200 Å². The largest absolute Gasteiger partial charge is 0.462 e. The van der Waals surface area contributed by atoms with Crippen LogP contribution >= 0.6 is 0 Å². The maximum Gasteiger partial charge on any atom is 0.338 e. The zero-order valence-electron chi connectivity index (χ0n) is 28.9. The number of ether oxygens (including phenoxy) is 1. The van der Waals surface area contributed by atoms with Crippen LogP contribution < -0.4 is 4.57 Å². The number of aryl methyl sites for hydroxylation is 1. The summed E-state index contributed by atoms with van der Waals surface area (Å²) in [4.78, 5) is 12.4. The van der Waals surface area contributed by atoms with Gasteiger partial charge in [0.1, 0.15) is 6.54 Å². The number of pyridine rings is 1. The number of hydrogen-bond acceptors (Lipinski definition) is 2. The highest BCUT2D eigenvalue weighted by atomic mass is 16.5. The second kappa shape index (κ2) is 31.8. The number of rotatable bonds is 32. The van der Waals surface area contributed by atoms with E-state index >= 15 is 0 Å². The summed E-state index contributed by atoms with van der Waals surface area (Å²) in [6.45, 7) is 6.13. The molecule has 0 aromatic carbocycles. The van der Waals surface area contributed by atoms with Gasteiger partial charge >= 0.3 is 5.97 Å². The van der Waals surface area contributed by atoms with Crippen LogP contribution in [0.15, 0.2) is 36.7 Å². The number of allylic oxidation sites excluding steroid dienone is 2. The lowest BCUT2D eigenvalue weighted by atomic mass is 10.0. The molecule has 0 amide bonds. The molecule has 0 N–H and O–H groups in total. The Hall–Kier alpha value is -1.64. The molecular weight excluding hydrogens is 526 g/mol. The molecule has 248 valence electrons. The molecule has 0 spiro atoms. The lowest BCUT2D eigenvalue weighted by Crippen LogP contribution is -2.32. The van der Waals surface area contributed by atoms with Crippen molar-refractivity contribution in [3.8, 4) is 0 Å². The third kappa shape index (κ3) is 26.5. The van der Waals surface area contributed by atoms with E-state index in [9.17, 15) is 4.79 Å². The Kier molecular flexibility index (Phi) is 29.1. The van der Waals surface area contributed by atoms with Gasteiger partial charge in [0, 0.05) is 18.6 Å². The molecule has 0 fully saturated rings. The molecule has 43 heavy (non-hydrogen) atoms. The lowest BCUT2D eigenvalue weighted by Gasteiger charge is -2.05. The van der Waals surface area contributed by atoms with Crippen LogP contribution in [0.2, 0.25) is 0 Å². The molecule has 0 aliphatic rings. The summed E-state index contributed by atoms with van der Waals surface area (Å²) in [6, 6.07) is 3.82. The second-order valence-corrected chi connectivity index (χ2v) is 13.0. The van der Waals surface area contributed by atoms with Crippen molar-refractivity contribution >= 4 is 5.97 Å². The van der Waals surface area contributed by atoms with Gasteiger partial charge in [0.05, 0.1) is 12.2 Å². The Morgan fingerprint density at radius 3 is 1.35 bits per heavy atom. The summed E-state index contributed by atoms with van der Waals surface area (Å²) in [6.07, 6.45) is 46.3. The highest BCUT2D eigenvalue weighted by Crippen LogP contribution is 2.14. The molecular formula is C40H72NO2+. The molecule has 0 saturated carbocycles. The predicted molar refractivity (Wildman–Crippen MR) is 187 cm³/mol. The summed E-state index contributed by atoms with van der Waals surface area (Å²) in [5, 5.41) is 0.